The molecule has 1 heterocycles. The number of carbonyl (C=O) groups is 1. The minimum atomic E-state index is -0.498. The summed E-state index contributed by atoms with van der Waals surface area (Å²) in [6.07, 6.45) is 2.83. The summed E-state index contributed by atoms with van der Waals surface area (Å²) >= 11 is 0. The normalized spacial score (nSPS) is 10.5. The predicted octanol–water partition coefficient (Wildman–Crippen LogP) is 1.28. The molecule has 1 aromatic carbocycles. The highest BCUT2D eigenvalue weighted by atomic mass is 16.1. The minimum absolute atomic E-state index is 0.395. The van der Waals surface area contributed by atoms with Crippen LogP contribution in [0.25, 0.3) is 0 Å². The number of amides is 1. The maximum Gasteiger partial charge on any atom is 0.250 e. The Hall–Kier alpha value is -2.50. The monoisotopic (exact) mass is 273 g/mol. The zero-order valence-electron chi connectivity index (χ0n) is 11.7. The summed E-state index contributed by atoms with van der Waals surface area (Å²) in [5, 5.41) is 7.59. The van der Waals surface area contributed by atoms with Gasteiger partial charge in [0.05, 0.1) is 11.3 Å². The first-order valence-electron chi connectivity index (χ1n) is 6.45. The van der Waals surface area contributed by atoms with E-state index < -0.39 is 5.91 Å². The molecule has 0 spiro atoms. The van der Waals surface area contributed by atoms with Crippen molar-refractivity contribution >= 4 is 17.3 Å². The van der Waals surface area contributed by atoms with Crippen LogP contribution in [0, 0.1) is 0 Å². The van der Waals surface area contributed by atoms with Crippen molar-refractivity contribution in [1.82, 2.24) is 9.78 Å². The Morgan fingerprint density at radius 2 is 2.20 bits per heavy atom. The van der Waals surface area contributed by atoms with Crippen molar-refractivity contribution in [3.05, 3.63) is 41.2 Å². The number of benzene rings is 1. The molecule has 2 rings (SSSR count). The number of hydrogen-bond donors (Lipinski definition) is 3. The van der Waals surface area contributed by atoms with Gasteiger partial charge >= 0.3 is 0 Å². The standard InChI is InChI=1S/C14H19N5O/c1-3-12-9(8-19(2)18-12)7-17-13-5-4-10(15)6-11(13)14(16)20/h4-6,8,17H,3,7,15H2,1-2H3,(H2,16,20). The molecular weight excluding hydrogens is 254 g/mol. The Morgan fingerprint density at radius 3 is 2.85 bits per heavy atom. The molecule has 5 N–H and O–H groups in total. The highest BCUT2D eigenvalue weighted by Crippen LogP contribution is 2.20. The van der Waals surface area contributed by atoms with Crippen molar-refractivity contribution < 1.29 is 4.79 Å². The fourth-order valence-corrected chi connectivity index (χ4v) is 2.14. The molecule has 0 radical (unpaired) electrons. The number of primary amides is 1. The van der Waals surface area contributed by atoms with Crippen molar-refractivity contribution in [2.45, 2.75) is 19.9 Å². The van der Waals surface area contributed by atoms with Gasteiger partial charge in [-0.05, 0) is 24.6 Å². The van der Waals surface area contributed by atoms with Crippen LogP contribution in [0.5, 0.6) is 0 Å². The third-order valence-corrected chi connectivity index (χ3v) is 3.11. The quantitative estimate of drug-likeness (QED) is 0.714. The maximum atomic E-state index is 11.4. The summed E-state index contributed by atoms with van der Waals surface area (Å²) < 4.78 is 1.79. The Kier molecular flexibility index (Phi) is 3.93. The van der Waals surface area contributed by atoms with E-state index in [0.717, 1.165) is 17.7 Å². The van der Waals surface area contributed by atoms with Crippen LogP contribution in [0.15, 0.2) is 24.4 Å². The van der Waals surface area contributed by atoms with Gasteiger partial charge in [0.25, 0.3) is 5.91 Å². The number of aromatic nitrogens is 2. The molecule has 1 amide bonds. The first kappa shape index (κ1) is 13.9. The number of nitrogens with one attached hydrogen (secondary N) is 1. The molecule has 0 aliphatic heterocycles. The zero-order valence-corrected chi connectivity index (χ0v) is 11.7. The van der Waals surface area contributed by atoms with Crippen molar-refractivity contribution in [3.63, 3.8) is 0 Å². The smallest absolute Gasteiger partial charge is 0.250 e. The molecule has 2 aromatic rings. The molecule has 106 valence electrons. The van der Waals surface area contributed by atoms with Gasteiger partial charge in [0, 0.05) is 36.7 Å². The van der Waals surface area contributed by atoms with Crippen LogP contribution < -0.4 is 16.8 Å². The van der Waals surface area contributed by atoms with Gasteiger partial charge in [-0.15, -0.1) is 0 Å². The van der Waals surface area contributed by atoms with Gasteiger partial charge in [-0.3, -0.25) is 9.48 Å². The molecule has 20 heavy (non-hydrogen) atoms. The average Bonchev–Trinajstić information content (AvgIpc) is 2.77. The van der Waals surface area contributed by atoms with Crippen LogP contribution in [-0.4, -0.2) is 15.7 Å². The van der Waals surface area contributed by atoms with Gasteiger partial charge in [0.2, 0.25) is 0 Å². The van der Waals surface area contributed by atoms with Gasteiger partial charge in [-0.25, -0.2) is 0 Å². The van der Waals surface area contributed by atoms with E-state index in [9.17, 15) is 4.79 Å². The molecule has 0 atom stereocenters. The second kappa shape index (κ2) is 5.64. The highest BCUT2D eigenvalue weighted by Gasteiger charge is 2.10. The van der Waals surface area contributed by atoms with Crippen molar-refractivity contribution in [2.75, 3.05) is 11.1 Å². The largest absolute Gasteiger partial charge is 0.399 e. The molecule has 0 unspecified atom stereocenters. The topological polar surface area (TPSA) is 99.0 Å². The van der Waals surface area contributed by atoms with Crippen LogP contribution in [0.2, 0.25) is 0 Å². The summed E-state index contributed by atoms with van der Waals surface area (Å²) in [6.45, 7) is 2.64. The van der Waals surface area contributed by atoms with E-state index in [4.69, 9.17) is 11.5 Å². The number of nitrogen functional groups attached to an aromatic ring is 1. The van der Waals surface area contributed by atoms with E-state index in [-0.39, 0.29) is 0 Å². The molecule has 0 aliphatic rings. The molecule has 0 aliphatic carbocycles. The van der Waals surface area contributed by atoms with Gasteiger partial charge in [-0.1, -0.05) is 6.92 Å². The lowest BCUT2D eigenvalue weighted by atomic mass is 10.1. The van der Waals surface area contributed by atoms with Gasteiger partial charge in [0.15, 0.2) is 0 Å². The lowest BCUT2D eigenvalue weighted by Crippen LogP contribution is -2.15. The zero-order chi connectivity index (χ0) is 14.7. The van der Waals surface area contributed by atoms with E-state index in [1.54, 1.807) is 22.9 Å². The lowest BCUT2D eigenvalue weighted by Gasteiger charge is -2.10. The Bertz CT molecular complexity index is 632. The Balaban J connectivity index is 2.20. The van der Waals surface area contributed by atoms with Gasteiger partial charge in [0.1, 0.15) is 0 Å². The first-order chi connectivity index (χ1) is 9.51. The van der Waals surface area contributed by atoms with Crippen LogP contribution in [0.3, 0.4) is 0 Å². The van der Waals surface area contributed by atoms with E-state index in [1.165, 1.54) is 0 Å². The van der Waals surface area contributed by atoms with Crippen LogP contribution >= 0.6 is 0 Å². The number of aryl methyl sites for hydroxylation is 2. The number of rotatable bonds is 5. The molecule has 6 heteroatoms. The summed E-state index contributed by atoms with van der Waals surface area (Å²) in [6, 6.07) is 5.07. The summed E-state index contributed by atoms with van der Waals surface area (Å²) in [4.78, 5) is 11.4. The minimum Gasteiger partial charge on any atom is -0.399 e. The summed E-state index contributed by atoms with van der Waals surface area (Å²) in [5.74, 6) is -0.498. The fourth-order valence-electron chi connectivity index (χ4n) is 2.14. The molecule has 0 saturated heterocycles. The van der Waals surface area contributed by atoms with Crippen molar-refractivity contribution in [2.24, 2.45) is 12.8 Å². The van der Waals surface area contributed by atoms with Gasteiger partial charge < -0.3 is 16.8 Å². The third-order valence-electron chi connectivity index (χ3n) is 3.11. The summed E-state index contributed by atoms with van der Waals surface area (Å²) in [5.41, 5.74) is 14.8. The third kappa shape index (κ3) is 2.90. The second-order valence-electron chi connectivity index (χ2n) is 4.65. The number of nitrogens with zero attached hydrogens (tertiary/aromatic N) is 2. The second-order valence-corrected chi connectivity index (χ2v) is 4.65. The maximum absolute atomic E-state index is 11.4. The van der Waals surface area contributed by atoms with Crippen molar-refractivity contribution in [1.29, 1.82) is 0 Å². The Labute approximate surface area is 117 Å². The molecule has 1 aromatic heterocycles. The molecule has 6 nitrogen and oxygen atoms in total. The summed E-state index contributed by atoms with van der Waals surface area (Å²) in [7, 11) is 1.89. The van der Waals surface area contributed by atoms with Crippen molar-refractivity contribution in [3.8, 4) is 0 Å². The number of hydrogen-bond acceptors (Lipinski definition) is 4. The predicted molar refractivity (Wildman–Crippen MR) is 79.3 cm³/mol. The molecule has 0 fully saturated rings. The molecule has 0 bridgehead atoms. The lowest BCUT2D eigenvalue weighted by molar-refractivity contribution is 0.100. The van der Waals surface area contributed by atoms with E-state index in [1.807, 2.05) is 13.2 Å². The van der Waals surface area contributed by atoms with Gasteiger partial charge in [-0.2, -0.15) is 5.10 Å². The highest BCUT2D eigenvalue weighted by molar-refractivity contribution is 5.99. The number of nitrogens with two attached hydrogens (primary N) is 2. The molecular formula is C14H19N5O. The SMILES string of the molecule is CCc1nn(C)cc1CNc1ccc(N)cc1C(N)=O. The van der Waals surface area contributed by atoms with E-state index in [2.05, 4.69) is 17.3 Å². The average molecular weight is 273 g/mol. The van der Waals surface area contributed by atoms with E-state index in [0.29, 0.717) is 23.5 Å². The molecule has 0 saturated carbocycles. The Morgan fingerprint density at radius 1 is 1.45 bits per heavy atom. The number of anilines is 2. The van der Waals surface area contributed by atoms with Crippen LogP contribution in [-0.2, 0) is 20.0 Å². The van der Waals surface area contributed by atoms with Crippen LogP contribution in [0.4, 0.5) is 11.4 Å². The van der Waals surface area contributed by atoms with E-state index >= 15 is 0 Å². The first-order valence-corrected chi connectivity index (χ1v) is 6.45. The number of carbonyl (C=O) groups excluding carboxylic acids is 1. The fraction of sp³-hybridized carbons (Fsp3) is 0.286. The van der Waals surface area contributed by atoms with Crippen LogP contribution in [0.1, 0.15) is 28.5 Å².